The van der Waals surface area contributed by atoms with Gasteiger partial charge in [-0.2, -0.15) is 0 Å². The molecule has 1 aromatic heterocycles. The number of amides is 2. The maximum Gasteiger partial charge on any atom is 0.290 e. The van der Waals surface area contributed by atoms with Gasteiger partial charge in [-0.05, 0) is 25.5 Å². The van der Waals surface area contributed by atoms with E-state index in [0.29, 0.717) is 29.4 Å². The Labute approximate surface area is 132 Å². The molecule has 114 valence electrons. The van der Waals surface area contributed by atoms with Crippen molar-refractivity contribution in [3.8, 4) is 0 Å². The zero-order valence-electron chi connectivity index (χ0n) is 11.9. The minimum absolute atomic E-state index is 0.0986. The van der Waals surface area contributed by atoms with Gasteiger partial charge in [0.1, 0.15) is 6.04 Å². The molecule has 0 spiro atoms. The van der Waals surface area contributed by atoms with Crippen LogP contribution in [0.5, 0.6) is 0 Å². The maximum absolute atomic E-state index is 12.4. The van der Waals surface area contributed by atoms with Gasteiger partial charge in [-0.1, -0.05) is 28.9 Å². The molecule has 0 saturated carbocycles. The molecule has 0 radical (unpaired) electrons. The van der Waals surface area contributed by atoms with Crippen LogP contribution in [0.4, 0.5) is 5.69 Å². The van der Waals surface area contributed by atoms with Crippen molar-refractivity contribution in [3.05, 3.63) is 46.8 Å². The smallest absolute Gasteiger partial charge is 0.290 e. The van der Waals surface area contributed by atoms with Crippen molar-refractivity contribution in [2.45, 2.75) is 19.4 Å². The molecule has 0 aliphatic carbocycles. The van der Waals surface area contributed by atoms with Crippen LogP contribution in [-0.4, -0.2) is 29.6 Å². The van der Waals surface area contributed by atoms with Crippen LogP contribution >= 0.6 is 11.6 Å². The molecule has 1 N–H and O–H groups in total. The topological polar surface area (TPSA) is 75.4 Å². The van der Waals surface area contributed by atoms with Gasteiger partial charge in [0.2, 0.25) is 11.7 Å². The monoisotopic (exact) mass is 319 g/mol. The highest BCUT2D eigenvalue weighted by Gasteiger charge is 2.35. The van der Waals surface area contributed by atoms with E-state index in [1.165, 1.54) is 6.07 Å². The predicted octanol–water partition coefficient (Wildman–Crippen LogP) is 2.17. The summed E-state index contributed by atoms with van der Waals surface area (Å²) in [5, 5.41) is 6.84. The highest BCUT2D eigenvalue weighted by Crippen LogP contribution is 2.29. The number of carbonyl (C=O) groups excluding carboxylic acids is 2. The average molecular weight is 320 g/mol. The Morgan fingerprint density at radius 3 is 2.91 bits per heavy atom. The van der Waals surface area contributed by atoms with Crippen LogP contribution in [0.2, 0.25) is 5.02 Å². The molecule has 2 heterocycles. The largest absolute Gasteiger partial charge is 0.351 e. The Bertz CT molecular complexity index is 728. The summed E-state index contributed by atoms with van der Waals surface area (Å²) < 4.78 is 4.89. The first-order valence-electron chi connectivity index (χ1n) is 6.86. The second kappa shape index (κ2) is 5.81. The second-order valence-electron chi connectivity index (χ2n) is 5.09. The molecule has 22 heavy (non-hydrogen) atoms. The van der Waals surface area contributed by atoms with Gasteiger partial charge < -0.3 is 14.7 Å². The Kier molecular flexibility index (Phi) is 3.85. The fourth-order valence-electron chi connectivity index (χ4n) is 2.42. The van der Waals surface area contributed by atoms with E-state index in [9.17, 15) is 9.59 Å². The number of carbonyl (C=O) groups is 2. The van der Waals surface area contributed by atoms with Crippen LogP contribution in [0.25, 0.3) is 0 Å². The zero-order chi connectivity index (χ0) is 15.7. The Hall–Kier alpha value is -2.34. The van der Waals surface area contributed by atoms with Crippen molar-refractivity contribution >= 4 is 29.1 Å². The van der Waals surface area contributed by atoms with Gasteiger partial charge in [-0.15, -0.1) is 0 Å². The zero-order valence-corrected chi connectivity index (χ0v) is 12.6. The molecular formula is C15H14ClN3O3. The number of aromatic nitrogens is 1. The van der Waals surface area contributed by atoms with Gasteiger partial charge in [0.15, 0.2) is 0 Å². The van der Waals surface area contributed by atoms with E-state index in [1.54, 1.807) is 30.0 Å². The fraction of sp³-hybridized carbons (Fsp3) is 0.267. The average Bonchev–Trinajstić information content (AvgIpc) is 3.07. The molecule has 1 fully saturated rings. The molecule has 1 aromatic carbocycles. The van der Waals surface area contributed by atoms with E-state index in [-0.39, 0.29) is 11.7 Å². The van der Waals surface area contributed by atoms with Crippen LogP contribution in [-0.2, 0) is 4.79 Å². The molecule has 3 rings (SSSR count). The summed E-state index contributed by atoms with van der Waals surface area (Å²) in [6.45, 7) is 2.23. The lowest BCUT2D eigenvalue weighted by atomic mass is 10.2. The van der Waals surface area contributed by atoms with Crippen molar-refractivity contribution in [3.63, 3.8) is 0 Å². The SMILES string of the molecule is Cc1cc(C(=O)NC2CCN(c3ccccc3Cl)C2=O)on1. The van der Waals surface area contributed by atoms with E-state index in [4.69, 9.17) is 16.1 Å². The summed E-state index contributed by atoms with van der Waals surface area (Å²) in [7, 11) is 0. The molecule has 1 saturated heterocycles. The first-order valence-corrected chi connectivity index (χ1v) is 7.24. The van der Waals surface area contributed by atoms with Crippen LogP contribution in [0, 0.1) is 6.92 Å². The molecule has 1 aliphatic rings. The quantitative estimate of drug-likeness (QED) is 0.940. The van der Waals surface area contributed by atoms with Crippen LogP contribution in [0.1, 0.15) is 22.7 Å². The predicted molar refractivity (Wildman–Crippen MR) is 80.9 cm³/mol. The normalized spacial score (nSPS) is 17.8. The molecule has 2 aromatic rings. The molecule has 0 bridgehead atoms. The highest BCUT2D eigenvalue weighted by molar-refractivity contribution is 6.34. The number of hydrogen-bond donors (Lipinski definition) is 1. The molecule has 6 nitrogen and oxygen atoms in total. The van der Waals surface area contributed by atoms with E-state index in [0.717, 1.165) is 0 Å². The number of hydrogen-bond acceptors (Lipinski definition) is 4. The van der Waals surface area contributed by atoms with Crippen molar-refractivity contribution in [1.82, 2.24) is 10.5 Å². The van der Waals surface area contributed by atoms with Crippen molar-refractivity contribution < 1.29 is 14.1 Å². The Balaban J connectivity index is 1.72. The van der Waals surface area contributed by atoms with E-state index < -0.39 is 11.9 Å². The van der Waals surface area contributed by atoms with Gasteiger partial charge >= 0.3 is 0 Å². The number of rotatable bonds is 3. The number of nitrogens with zero attached hydrogens (tertiary/aromatic N) is 2. The number of anilines is 1. The first kappa shape index (κ1) is 14.6. The maximum atomic E-state index is 12.4. The van der Waals surface area contributed by atoms with Crippen molar-refractivity contribution in [2.24, 2.45) is 0 Å². The third-order valence-electron chi connectivity index (χ3n) is 3.51. The fourth-order valence-corrected chi connectivity index (χ4v) is 2.66. The molecule has 7 heteroatoms. The van der Waals surface area contributed by atoms with E-state index >= 15 is 0 Å². The minimum Gasteiger partial charge on any atom is -0.351 e. The summed E-state index contributed by atoms with van der Waals surface area (Å²) in [4.78, 5) is 26.0. The third-order valence-corrected chi connectivity index (χ3v) is 3.83. The van der Waals surface area contributed by atoms with Gasteiger partial charge in [0, 0.05) is 12.6 Å². The van der Waals surface area contributed by atoms with Gasteiger partial charge in [0.25, 0.3) is 5.91 Å². The third kappa shape index (κ3) is 2.69. The number of nitrogens with one attached hydrogen (secondary N) is 1. The van der Waals surface area contributed by atoms with Crippen molar-refractivity contribution in [1.29, 1.82) is 0 Å². The van der Waals surface area contributed by atoms with Crippen molar-refractivity contribution in [2.75, 3.05) is 11.4 Å². The lowest BCUT2D eigenvalue weighted by Gasteiger charge is -2.18. The van der Waals surface area contributed by atoms with E-state index in [2.05, 4.69) is 10.5 Å². The van der Waals surface area contributed by atoms with Crippen LogP contribution in [0.3, 0.4) is 0 Å². The summed E-state index contributed by atoms with van der Waals surface area (Å²) in [6, 6.07) is 8.07. The summed E-state index contributed by atoms with van der Waals surface area (Å²) in [5.74, 6) is -0.529. The molecular weight excluding hydrogens is 306 g/mol. The van der Waals surface area contributed by atoms with Gasteiger partial charge in [-0.25, -0.2) is 0 Å². The Morgan fingerprint density at radius 2 is 2.23 bits per heavy atom. The molecule has 1 unspecified atom stereocenters. The lowest BCUT2D eigenvalue weighted by molar-refractivity contribution is -0.118. The second-order valence-corrected chi connectivity index (χ2v) is 5.50. The number of aryl methyl sites for hydroxylation is 1. The summed E-state index contributed by atoms with van der Waals surface area (Å²) >= 11 is 6.12. The minimum atomic E-state index is -0.589. The lowest BCUT2D eigenvalue weighted by Crippen LogP contribution is -2.41. The number of benzene rings is 1. The molecule has 1 aliphatic heterocycles. The molecule has 2 amide bonds. The standard InChI is InChI=1S/C15H14ClN3O3/c1-9-8-13(22-18-9)14(20)17-11-6-7-19(15(11)21)12-5-3-2-4-10(12)16/h2-5,8,11H,6-7H2,1H3,(H,17,20). The number of halogens is 1. The summed E-state index contributed by atoms with van der Waals surface area (Å²) in [5.41, 5.74) is 1.27. The van der Waals surface area contributed by atoms with E-state index in [1.807, 2.05) is 6.07 Å². The highest BCUT2D eigenvalue weighted by atomic mass is 35.5. The Morgan fingerprint density at radius 1 is 1.45 bits per heavy atom. The van der Waals surface area contributed by atoms with Gasteiger partial charge in [-0.3, -0.25) is 9.59 Å². The van der Waals surface area contributed by atoms with Crippen LogP contribution in [0.15, 0.2) is 34.9 Å². The number of para-hydroxylation sites is 1. The van der Waals surface area contributed by atoms with Crippen LogP contribution < -0.4 is 10.2 Å². The molecule has 1 atom stereocenters. The summed E-state index contributed by atoms with van der Waals surface area (Å²) in [6.07, 6.45) is 0.517. The first-order chi connectivity index (χ1) is 10.6. The van der Waals surface area contributed by atoms with Gasteiger partial charge in [0.05, 0.1) is 16.4 Å².